The fourth-order valence-electron chi connectivity index (χ4n) is 2.20. The van der Waals surface area contributed by atoms with Crippen molar-refractivity contribution in [2.75, 3.05) is 20.1 Å². The average molecular weight is 267 g/mol. The highest BCUT2D eigenvalue weighted by Crippen LogP contribution is 2.25. The van der Waals surface area contributed by atoms with E-state index < -0.39 is 0 Å². The van der Waals surface area contributed by atoms with Crippen molar-refractivity contribution in [3.8, 4) is 0 Å². The molecular formula is C14H22FN3O. The lowest BCUT2D eigenvalue weighted by atomic mass is 9.98. The highest BCUT2D eigenvalue weighted by molar-refractivity contribution is 5.77. The second kappa shape index (κ2) is 7.21. The van der Waals surface area contributed by atoms with Crippen LogP contribution in [-0.2, 0) is 4.79 Å². The van der Waals surface area contributed by atoms with Crippen molar-refractivity contribution in [2.45, 2.75) is 25.9 Å². The van der Waals surface area contributed by atoms with Gasteiger partial charge in [-0.3, -0.25) is 9.69 Å². The normalized spacial score (nSPS) is 14.2. The van der Waals surface area contributed by atoms with Crippen molar-refractivity contribution in [2.24, 2.45) is 5.73 Å². The van der Waals surface area contributed by atoms with Crippen molar-refractivity contribution in [3.05, 3.63) is 35.6 Å². The zero-order valence-corrected chi connectivity index (χ0v) is 11.7. The first-order chi connectivity index (χ1) is 9.01. The number of likely N-dealkylation sites (N-methyl/N-ethyl adjacent to an activating group) is 2. The van der Waals surface area contributed by atoms with Gasteiger partial charge in [0, 0.05) is 18.7 Å². The molecule has 0 bridgehead atoms. The van der Waals surface area contributed by atoms with Crippen molar-refractivity contribution in [3.63, 3.8) is 0 Å². The molecule has 0 radical (unpaired) electrons. The summed E-state index contributed by atoms with van der Waals surface area (Å²) < 4.78 is 13.9. The monoisotopic (exact) mass is 267 g/mol. The van der Waals surface area contributed by atoms with Gasteiger partial charge in [0.1, 0.15) is 5.82 Å². The van der Waals surface area contributed by atoms with E-state index in [2.05, 4.69) is 5.32 Å². The Balaban J connectivity index is 3.05. The third-order valence-electron chi connectivity index (χ3n) is 3.15. The number of nitrogens with one attached hydrogen (secondary N) is 1. The fourth-order valence-corrected chi connectivity index (χ4v) is 2.20. The molecule has 1 amide bonds. The first-order valence-electron chi connectivity index (χ1n) is 6.45. The summed E-state index contributed by atoms with van der Waals surface area (Å²) in [5.41, 5.74) is 6.52. The van der Waals surface area contributed by atoms with Crippen molar-refractivity contribution in [1.29, 1.82) is 0 Å². The van der Waals surface area contributed by atoms with E-state index in [1.54, 1.807) is 25.2 Å². The summed E-state index contributed by atoms with van der Waals surface area (Å²) >= 11 is 0. The van der Waals surface area contributed by atoms with E-state index in [4.69, 9.17) is 5.73 Å². The molecule has 4 nitrogen and oxygen atoms in total. The van der Waals surface area contributed by atoms with Gasteiger partial charge >= 0.3 is 0 Å². The van der Waals surface area contributed by atoms with Crippen molar-refractivity contribution >= 4 is 5.91 Å². The Morgan fingerprint density at radius 3 is 2.58 bits per heavy atom. The lowest BCUT2D eigenvalue weighted by Gasteiger charge is -2.33. The first kappa shape index (κ1) is 15.6. The van der Waals surface area contributed by atoms with Gasteiger partial charge in [-0.1, -0.05) is 25.1 Å². The van der Waals surface area contributed by atoms with Gasteiger partial charge in [-0.15, -0.1) is 0 Å². The third kappa shape index (κ3) is 4.01. The summed E-state index contributed by atoms with van der Waals surface area (Å²) in [5.74, 6) is -0.399. The molecule has 0 spiro atoms. The van der Waals surface area contributed by atoms with E-state index in [-0.39, 0.29) is 30.4 Å². The second-order valence-electron chi connectivity index (χ2n) is 4.56. The van der Waals surface area contributed by atoms with Crippen LogP contribution in [0.1, 0.15) is 25.5 Å². The maximum atomic E-state index is 13.9. The molecule has 0 aliphatic rings. The average Bonchev–Trinajstić information content (AvgIpc) is 2.39. The van der Waals surface area contributed by atoms with Crippen LogP contribution in [0.25, 0.3) is 0 Å². The van der Waals surface area contributed by atoms with Crippen LogP contribution < -0.4 is 11.1 Å². The molecule has 2 atom stereocenters. The van der Waals surface area contributed by atoms with Crippen molar-refractivity contribution in [1.82, 2.24) is 10.2 Å². The molecule has 106 valence electrons. The lowest BCUT2D eigenvalue weighted by molar-refractivity contribution is -0.122. The van der Waals surface area contributed by atoms with Crippen LogP contribution in [0, 0.1) is 5.82 Å². The van der Waals surface area contributed by atoms with Gasteiger partial charge in [-0.25, -0.2) is 4.39 Å². The maximum absolute atomic E-state index is 13.9. The smallest absolute Gasteiger partial charge is 0.233 e. The number of carbonyl (C=O) groups is 1. The molecule has 0 saturated heterocycles. The van der Waals surface area contributed by atoms with Crippen LogP contribution in [0.3, 0.4) is 0 Å². The van der Waals surface area contributed by atoms with Crippen LogP contribution in [0.5, 0.6) is 0 Å². The molecular weight excluding hydrogens is 245 g/mol. The quantitative estimate of drug-likeness (QED) is 0.816. The number of nitrogens with two attached hydrogens (primary N) is 1. The number of carbonyl (C=O) groups excluding carboxylic acids is 1. The predicted octanol–water partition coefficient (Wildman–Crippen LogP) is 1.28. The summed E-state index contributed by atoms with van der Waals surface area (Å²) in [4.78, 5) is 13.4. The van der Waals surface area contributed by atoms with Gasteiger partial charge < -0.3 is 11.1 Å². The number of benzene rings is 1. The van der Waals surface area contributed by atoms with Crippen LogP contribution in [0.15, 0.2) is 24.3 Å². The summed E-state index contributed by atoms with van der Waals surface area (Å²) in [5, 5.41) is 2.57. The summed E-state index contributed by atoms with van der Waals surface area (Å²) in [7, 11) is 1.58. The van der Waals surface area contributed by atoms with Crippen LogP contribution >= 0.6 is 0 Å². The van der Waals surface area contributed by atoms with Crippen LogP contribution in [0.2, 0.25) is 0 Å². The van der Waals surface area contributed by atoms with E-state index in [0.29, 0.717) is 12.1 Å². The van der Waals surface area contributed by atoms with Crippen LogP contribution in [0.4, 0.5) is 4.39 Å². The van der Waals surface area contributed by atoms with E-state index in [0.717, 1.165) is 0 Å². The van der Waals surface area contributed by atoms with E-state index in [9.17, 15) is 9.18 Å². The molecule has 0 aliphatic carbocycles. The second-order valence-corrected chi connectivity index (χ2v) is 4.56. The molecule has 0 saturated carbocycles. The number of rotatable bonds is 6. The highest BCUT2D eigenvalue weighted by Gasteiger charge is 2.26. The zero-order valence-electron chi connectivity index (χ0n) is 11.7. The van der Waals surface area contributed by atoms with Gasteiger partial charge in [0.05, 0.1) is 12.6 Å². The number of halogens is 1. The maximum Gasteiger partial charge on any atom is 0.233 e. The Hall–Kier alpha value is -1.46. The van der Waals surface area contributed by atoms with Crippen molar-refractivity contribution < 1.29 is 9.18 Å². The minimum absolute atomic E-state index is 0.108. The highest BCUT2D eigenvalue weighted by atomic mass is 19.1. The molecule has 1 rings (SSSR count). The standard InChI is InChI=1S/C14H22FN3O/c1-4-18(9-13(19)17-3)14(10(2)16)11-7-5-6-8-12(11)15/h5-8,10,14H,4,9,16H2,1-3H3,(H,17,19). The zero-order chi connectivity index (χ0) is 14.4. The number of amides is 1. The minimum atomic E-state index is -0.316. The molecule has 0 aromatic heterocycles. The minimum Gasteiger partial charge on any atom is -0.358 e. The lowest BCUT2D eigenvalue weighted by Crippen LogP contribution is -2.44. The van der Waals surface area contributed by atoms with Gasteiger partial charge in [0.15, 0.2) is 0 Å². The Morgan fingerprint density at radius 1 is 1.47 bits per heavy atom. The van der Waals surface area contributed by atoms with Gasteiger partial charge in [0.25, 0.3) is 0 Å². The summed E-state index contributed by atoms with van der Waals surface area (Å²) in [6.45, 7) is 4.57. The summed E-state index contributed by atoms with van der Waals surface area (Å²) in [6.07, 6.45) is 0. The fraction of sp³-hybridized carbons (Fsp3) is 0.500. The van der Waals surface area contributed by atoms with Gasteiger partial charge in [0.2, 0.25) is 5.91 Å². The molecule has 3 N–H and O–H groups in total. The Bertz CT molecular complexity index is 423. The molecule has 2 unspecified atom stereocenters. The molecule has 1 aromatic carbocycles. The summed E-state index contributed by atoms with van der Waals surface area (Å²) in [6, 6.07) is 5.96. The number of nitrogens with zero attached hydrogens (tertiary/aromatic N) is 1. The molecule has 0 aliphatic heterocycles. The predicted molar refractivity (Wildman–Crippen MR) is 74.1 cm³/mol. The molecule has 19 heavy (non-hydrogen) atoms. The van der Waals surface area contributed by atoms with E-state index >= 15 is 0 Å². The molecule has 5 heteroatoms. The Kier molecular flexibility index (Phi) is 5.92. The number of hydrogen-bond acceptors (Lipinski definition) is 3. The molecule has 0 heterocycles. The molecule has 0 fully saturated rings. The Labute approximate surface area is 113 Å². The topological polar surface area (TPSA) is 58.4 Å². The van der Waals surface area contributed by atoms with Gasteiger partial charge in [-0.05, 0) is 19.5 Å². The third-order valence-corrected chi connectivity index (χ3v) is 3.15. The van der Waals surface area contributed by atoms with E-state index in [1.807, 2.05) is 18.7 Å². The number of hydrogen-bond donors (Lipinski definition) is 2. The van der Waals surface area contributed by atoms with Gasteiger partial charge in [-0.2, -0.15) is 0 Å². The van der Waals surface area contributed by atoms with E-state index in [1.165, 1.54) is 6.07 Å². The first-order valence-corrected chi connectivity index (χ1v) is 6.45. The largest absolute Gasteiger partial charge is 0.358 e. The Morgan fingerprint density at radius 2 is 2.11 bits per heavy atom. The van der Waals surface area contributed by atoms with Crippen LogP contribution in [-0.4, -0.2) is 37.0 Å². The molecule has 1 aromatic rings. The SMILES string of the molecule is CCN(CC(=O)NC)C(c1ccccc1F)C(C)N.